The number of nitrogens with one attached hydrogen (secondary N) is 2. The number of aromatic nitrogens is 1. The first-order valence-corrected chi connectivity index (χ1v) is 10.4. The number of anilines is 1. The van der Waals surface area contributed by atoms with Crippen LogP contribution in [0.3, 0.4) is 0 Å². The van der Waals surface area contributed by atoms with Gasteiger partial charge in [0.1, 0.15) is 5.82 Å². The van der Waals surface area contributed by atoms with Gasteiger partial charge in [0.05, 0.1) is 5.56 Å². The van der Waals surface area contributed by atoms with E-state index in [-0.39, 0.29) is 37.4 Å². The van der Waals surface area contributed by atoms with E-state index in [2.05, 4.69) is 31.5 Å². The molecule has 11 heteroatoms. The molecule has 1 unspecified atom stereocenters. The predicted octanol–water partition coefficient (Wildman–Crippen LogP) is 1.76. The highest BCUT2D eigenvalue weighted by molar-refractivity contribution is 9.10. The lowest BCUT2D eigenvalue weighted by Crippen LogP contribution is -2.64. The zero-order chi connectivity index (χ0) is 22.4. The van der Waals surface area contributed by atoms with Crippen LogP contribution in [0, 0.1) is 5.82 Å². The lowest BCUT2D eigenvalue weighted by atomic mass is 10.1. The second-order valence-electron chi connectivity index (χ2n) is 6.83. The molecule has 0 aliphatic carbocycles. The Morgan fingerprint density at radius 3 is 2.68 bits per heavy atom. The largest absolute Gasteiger partial charge is 0.351 e. The molecule has 1 aliphatic rings. The minimum Gasteiger partial charge on any atom is -0.351 e. The van der Waals surface area contributed by atoms with Crippen LogP contribution in [0.2, 0.25) is 0 Å². The molecule has 2 heterocycles. The summed E-state index contributed by atoms with van der Waals surface area (Å²) in [5, 5.41) is 5.23. The highest BCUT2D eigenvalue weighted by Gasteiger charge is 2.40. The summed E-state index contributed by atoms with van der Waals surface area (Å²) in [7, 11) is 0. The average Bonchev–Trinajstić information content (AvgIpc) is 2.76. The van der Waals surface area contributed by atoms with Gasteiger partial charge < -0.3 is 21.3 Å². The summed E-state index contributed by atoms with van der Waals surface area (Å²) in [4.78, 5) is 45.6. The molecule has 1 saturated heterocycles. The van der Waals surface area contributed by atoms with E-state index in [1.165, 1.54) is 46.5 Å². The van der Waals surface area contributed by atoms with Crippen molar-refractivity contribution < 1.29 is 18.8 Å². The number of carbonyl (C=O) groups is 3. The monoisotopic (exact) mass is 492 g/mol. The number of hydrogen-bond donors (Lipinski definition) is 3. The van der Waals surface area contributed by atoms with Crippen molar-refractivity contribution in [2.45, 2.75) is 12.6 Å². The molecule has 1 aromatic heterocycles. The van der Waals surface area contributed by atoms with Crippen molar-refractivity contribution in [3.05, 3.63) is 58.6 Å². The lowest BCUT2D eigenvalue weighted by Gasteiger charge is -2.42. The summed E-state index contributed by atoms with van der Waals surface area (Å²) in [6.07, 6.45) is 2.20. The normalized spacial score (nSPS) is 16.0. The third-order valence-corrected chi connectivity index (χ3v) is 5.05. The SMILES string of the molecule is NCCNC(=O)C1N(C(=O)Nc2cccc(F)c2)CCCN1C(=O)c1cncc(Br)c1. The van der Waals surface area contributed by atoms with Crippen molar-refractivity contribution in [2.24, 2.45) is 5.73 Å². The Balaban J connectivity index is 1.88. The zero-order valence-electron chi connectivity index (χ0n) is 16.6. The molecule has 0 radical (unpaired) electrons. The molecule has 0 spiro atoms. The predicted molar refractivity (Wildman–Crippen MR) is 116 cm³/mol. The van der Waals surface area contributed by atoms with Crippen LogP contribution in [0.15, 0.2) is 47.2 Å². The summed E-state index contributed by atoms with van der Waals surface area (Å²) < 4.78 is 14.1. The molecule has 2 aromatic rings. The molecular weight excluding hydrogens is 471 g/mol. The van der Waals surface area contributed by atoms with Crippen LogP contribution < -0.4 is 16.4 Å². The second kappa shape index (κ2) is 10.3. The van der Waals surface area contributed by atoms with Crippen molar-refractivity contribution >= 4 is 39.5 Å². The Bertz CT molecular complexity index is 975. The van der Waals surface area contributed by atoms with E-state index < -0.39 is 29.8 Å². The van der Waals surface area contributed by atoms with Gasteiger partial charge in [-0.25, -0.2) is 9.18 Å². The van der Waals surface area contributed by atoms with Gasteiger partial charge in [0, 0.05) is 48.7 Å². The van der Waals surface area contributed by atoms with E-state index in [0.717, 1.165) is 0 Å². The van der Waals surface area contributed by atoms with E-state index in [1.54, 1.807) is 6.07 Å². The first-order valence-electron chi connectivity index (χ1n) is 9.63. The van der Waals surface area contributed by atoms with E-state index in [4.69, 9.17) is 5.73 Å². The highest BCUT2D eigenvalue weighted by atomic mass is 79.9. The number of carbonyl (C=O) groups excluding carboxylic acids is 3. The molecule has 1 aliphatic heterocycles. The zero-order valence-corrected chi connectivity index (χ0v) is 18.1. The minimum absolute atomic E-state index is 0.190. The fourth-order valence-electron chi connectivity index (χ4n) is 3.28. The lowest BCUT2D eigenvalue weighted by molar-refractivity contribution is -0.132. The molecule has 0 saturated carbocycles. The van der Waals surface area contributed by atoms with Crippen LogP contribution in [0.5, 0.6) is 0 Å². The van der Waals surface area contributed by atoms with Gasteiger partial charge in [-0.1, -0.05) is 6.07 Å². The minimum atomic E-state index is -1.19. The van der Waals surface area contributed by atoms with E-state index in [1.807, 2.05) is 0 Å². The van der Waals surface area contributed by atoms with Gasteiger partial charge in [-0.05, 0) is 46.6 Å². The maximum absolute atomic E-state index is 13.5. The van der Waals surface area contributed by atoms with Crippen LogP contribution in [-0.4, -0.2) is 65.0 Å². The number of pyridine rings is 1. The maximum atomic E-state index is 13.5. The summed E-state index contributed by atoms with van der Waals surface area (Å²) in [5.74, 6) is -1.48. The molecular formula is C20H22BrFN6O3. The molecule has 31 heavy (non-hydrogen) atoms. The summed E-state index contributed by atoms with van der Waals surface area (Å²) in [6, 6.07) is 6.39. The van der Waals surface area contributed by atoms with Gasteiger partial charge in [0.2, 0.25) is 0 Å². The second-order valence-corrected chi connectivity index (χ2v) is 7.75. The molecule has 4 N–H and O–H groups in total. The summed E-state index contributed by atoms with van der Waals surface area (Å²) in [6.45, 7) is 0.908. The maximum Gasteiger partial charge on any atom is 0.323 e. The van der Waals surface area contributed by atoms with Gasteiger partial charge in [0.25, 0.3) is 11.8 Å². The number of nitrogens with zero attached hydrogens (tertiary/aromatic N) is 3. The summed E-state index contributed by atoms with van der Waals surface area (Å²) >= 11 is 3.28. The summed E-state index contributed by atoms with van der Waals surface area (Å²) in [5.41, 5.74) is 6.00. The number of halogens is 2. The fourth-order valence-corrected chi connectivity index (χ4v) is 3.64. The molecule has 9 nitrogen and oxygen atoms in total. The van der Waals surface area contributed by atoms with Crippen molar-refractivity contribution in [3.8, 4) is 0 Å². The Kier molecular flexibility index (Phi) is 7.53. The topological polar surface area (TPSA) is 121 Å². The number of hydrogen-bond acceptors (Lipinski definition) is 5. The first-order chi connectivity index (χ1) is 14.9. The first kappa shape index (κ1) is 22.6. The Morgan fingerprint density at radius 1 is 1.19 bits per heavy atom. The standard InChI is InChI=1S/C20H22BrFN6O3/c21-14-9-13(11-24-12-14)19(30)27-7-2-8-28(18(27)17(29)25-6-5-23)20(31)26-16-4-1-3-15(22)10-16/h1,3-4,9-12,18H,2,5-8,23H2,(H,25,29)(H,26,31). The molecule has 3 rings (SSSR count). The quantitative estimate of drug-likeness (QED) is 0.587. The number of amides is 4. The smallest absolute Gasteiger partial charge is 0.323 e. The number of nitrogens with two attached hydrogens (primary N) is 1. The number of urea groups is 1. The molecule has 1 atom stereocenters. The van der Waals surface area contributed by atoms with Gasteiger partial charge in [-0.3, -0.25) is 19.5 Å². The van der Waals surface area contributed by atoms with Crippen molar-refractivity contribution in [3.63, 3.8) is 0 Å². The Morgan fingerprint density at radius 2 is 1.97 bits per heavy atom. The third kappa shape index (κ3) is 5.56. The van der Waals surface area contributed by atoms with Crippen LogP contribution >= 0.6 is 15.9 Å². The third-order valence-electron chi connectivity index (χ3n) is 4.62. The van der Waals surface area contributed by atoms with Crippen molar-refractivity contribution in [1.82, 2.24) is 20.1 Å². The van der Waals surface area contributed by atoms with Crippen LogP contribution in [0.1, 0.15) is 16.8 Å². The number of benzene rings is 1. The molecule has 1 fully saturated rings. The molecule has 0 bridgehead atoms. The van der Waals surface area contributed by atoms with Gasteiger partial charge >= 0.3 is 6.03 Å². The average molecular weight is 493 g/mol. The van der Waals surface area contributed by atoms with Crippen molar-refractivity contribution in [2.75, 3.05) is 31.5 Å². The fraction of sp³-hybridized carbons (Fsp3) is 0.300. The van der Waals surface area contributed by atoms with Crippen LogP contribution in [0.25, 0.3) is 0 Å². The number of rotatable bonds is 5. The van der Waals surface area contributed by atoms with Crippen LogP contribution in [-0.2, 0) is 4.79 Å². The van der Waals surface area contributed by atoms with E-state index in [9.17, 15) is 18.8 Å². The van der Waals surface area contributed by atoms with Gasteiger partial charge in [-0.2, -0.15) is 0 Å². The van der Waals surface area contributed by atoms with Gasteiger partial charge in [0.15, 0.2) is 6.17 Å². The Hall–Kier alpha value is -3.05. The molecule has 1 aromatic carbocycles. The van der Waals surface area contributed by atoms with Crippen LogP contribution in [0.4, 0.5) is 14.9 Å². The molecule has 4 amide bonds. The molecule has 164 valence electrons. The Labute approximate surface area is 186 Å². The van der Waals surface area contributed by atoms with Gasteiger partial charge in [-0.15, -0.1) is 0 Å². The van der Waals surface area contributed by atoms with Crippen molar-refractivity contribution in [1.29, 1.82) is 0 Å². The highest BCUT2D eigenvalue weighted by Crippen LogP contribution is 2.21. The van der Waals surface area contributed by atoms with E-state index in [0.29, 0.717) is 10.9 Å². The van der Waals surface area contributed by atoms with E-state index >= 15 is 0 Å².